The van der Waals surface area contributed by atoms with Crippen molar-refractivity contribution in [3.63, 3.8) is 0 Å². The largest absolute Gasteiger partial charge is 0.480 e. The summed E-state index contributed by atoms with van der Waals surface area (Å²) in [6, 6.07) is 16.2. The molecule has 0 radical (unpaired) electrons. The minimum Gasteiger partial charge on any atom is -0.480 e. The molecule has 3 aromatic rings. The van der Waals surface area contributed by atoms with Crippen LogP contribution < -0.4 is 16.0 Å². The number of hydrogen-bond donors (Lipinski definition) is 4. The van der Waals surface area contributed by atoms with Crippen molar-refractivity contribution in [1.82, 2.24) is 10.3 Å². The van der Waals surface area contributed by atoms with Crippen molar-refractivity contribution in [3.05, 3.63) is 88.0 Å². The van der Waals surface area contributed by atoms with Crippen molar-refractivity contribution in [1.29, 1.82) is 0 Å². The predicted molar refractivity (Wildman–Crippen MR) is 148 cm³/mol. The number of hydrogen-bond acceptors (Lipinski definition) is 5. The molecule has 0 spiro atoms. The zero-order chi connectivity index (χ0) is 27.1. The van der Waals surface area contributed by atoms with Crippen molar-refractivity contribution < 1.29 is 19.5 Å². The Labute approximate surface area is 230 Å². The van der Waals surface area contributed by atoms with Crippen LogP contribution in [0.15, 0.2) is 66.9 Å². The van der Waals surface area contributed by atoms with Gasteiger partial charge < -0.3 is 21.1 Å². The molecule has 0 saturated heterocycles. The molecule has 4 N–H and O–H groups in total. The van der Waals surface area contributed by atoms with Gasteiger partial charge in [0.25, 0.3) is 5.91 Å². The second-order valence-electron chi connectivity index (χ2n) is 9.27. The van der Waals surface area contributed by atoms with Crippen LogP contribution in [0.25, 0.3) is 0 Å². The van der Waals surface area contributed by atoms with E-state index in [2.05, 4.69) is 20.9 Å². The molecule has 4 rings (SSSR count). The Morgan fingerprint density at radius 1 is 0.974 bits per heavy atom. The summed E-state index contributed by atoms with van der Waals surface area (Å²) >= 11 is 12.1. The van der Waals surface area contributed by atoms with E-state index in [0.717, 1.165) is 31.5 Å². The molecule has 3 atom stereocenters. The summed E-state index contributed by atoms with van der Waals surface area (Å²) in [6.45, 7) is 0. The first kappa shape index (κ1) is 27.4. The number of nitrogens with zero attached hydrogens (tertiary/aromatic N) is 1. The first-order valence-corrected chi connectivity index (χ1v) is 13.1. The molecule has 1 fully saturated rings. The summed E-state index contributed by atoms with van der Waals surface area (Å²) in [5.41, 5.74) is 1.33. The van der Waals surface area contributed by atoms with Crippen LogP contribution in [-0.2, 0) is 16.0 Å². The first-order chi connectivity index (χ1) is 18.3. The number of aliphatic carboxylic acids is 1. The number of carboxylic acids is 1. The molecular weight excluding hydrogens is 527 g/mol. The van der Waals surface area contributed by atoms with Gasteiger partial charge in [0.15, 0.2) is 0 Å². The number of nitrogens with one attached hydrogen (secondary N) is 3. The van der Waals surface area contributed by atoms with E-state index in [1.165, 1.54) is 12.1 Å². The number of aromatic nitrogens is 1. The Morgan fingerprint density at radius 3 is 2.37 bits per heavy atom. The molecule has 198 valence electrons. The molecule has 0 bridgehead atoms. The van der Waals surface area contributed by atoms with Crippen LogP contribution in [0.5, 0.6) is 0 Å². The molecule has 2 aromatic carbocycles. The predicted octanol–water partition coefficient (Wildman–Crippen LogP) is 5.42. The second-order valence-corrected chi connectivity index (χ2v) is 10.1. The molecule has 2 amide bonds. The SMILES string of the molecule is O=C(N[C@@H](Cc1ccc(NC(=O)[C@H]2CCC[C@@H](Nc3ccccn3)C2)cc1)C(=O)O)c1c(Cl)cccc1Cl. The van der Waals surface area contributed by atoms with E-state index in [1.54, 1.807) is 36.5 Å². The zero-order valence-corrected chi connectivity index (χ0v) is 22.0. The second kappa shape index (κ2) is 12.8. The molecule has 1 aromatic heterocycles. The van der Waals surface area contributed by atoms with Gasteiger partial charge in [-0.25, -0.2) is 9.78 Å². The van der Waals surface area contributed by atoms with Gasteiger partial charge in [-0.05, 0) is 61.2 Å². The highest BCUT2D eigenvalue weighted by Gasteiger charge is 2.28. The standard InChI is InChI=1S/C28H28Cl2N4O4/c29-21-7-4-8-22(30)25(21)27(36)34-23(28(37)38)15-17-10-12-19(13-11-17)33-26(35)18-5-3-6-20(16-18)32-24-9-1-2-14-31-24/h1-2,4,7-14,18,20,23H,3,5-6,15-16H2,(H,31,32)(H,33,35)(H,34,36)(H,37,38)/t18-,20+,23-/m0/s1. The summed E-state index contributed by atoms with van der Waals surface area (Å²) in [5, 5.41) is 18.8. The van der Waals surface area contributed by atoms with Crippen LogP contribution in [-0.4, -0.2) is 40.0 Å². The van der Waals surface area contributed by atoms with Gasteiger partial charge in [0.05, 0.1) is 15.6 Å². The summed E-state index contributed by atoms with van der Waals surface area (Å²) in [7, 11) is 0. The zero-order valence-electron chi connectivity index (χ0n) is 20.5. The summed E-state index contributed by atoms with van der Waals surface area (Å²) in [4.78, 5) is 41.7. The Morgan fingerprint density at radius 2 is 1.71 bits per heavy atom. The topological polar surface area (TPSA) is 120 Å². The number of carbonyl (C=O) groups excluding carboxylic acids is 2. The maximum Gasteiger partial charge on any atom is 0.326 e. The van der Waals surface area contributed by atoms with Gasteiger partial charge >= 0.3 is 5.97 Å². The lowest BCUT2D eigenvalue weighted by atomic mass is 9.85. The van der Waals surface area contributed by atoms with Crippen molar-refractivity contribution in [3.8, 4) is 0 Å². The van der Waals surface area contributed by atoms with Gasteiger partial charge in [0.2, 0.25) is 5.91 Å². The van der Waals surface area contributed by atoms with E-state index < -0.39 is 17.9 Å². The van der Waals surface area contributed by atoms with Crippen molar-refractivity contribution in [2.45, 2.75) is 44.2 Å². The molecule has 8 nitrogen and oxygen atoms in total. The van der Waals surface area contributed by atoms with Crippen molar-refractivity contribution in [2.75, 3.05) is 10.6 Å². The van der Waals surface area contributed by atoms with Crippen LogP contribution in [0.3, 0.4) is 0 Å². The molecule has 0 unspecified atom stereocenters. The summed E-state index contributed by atoms with van der Waals surface area (Å²) in [6.07, 6.45) is 5.25. The fraction of sp³-hybridized carbons (Fsp3) is 0.286. The maximum atomic E-state index is 12.9. The highest BCUT2D eigenvalue weighted by Crippen LogP contribution is 2.28. The van der Waals surface area contributed by atoms with E-state index in [4.69, 9.17) is 23.2 Å². The van der Waals surface area contributed by atoms with E-state index in [0.29, 0.717) is 11.3 Å². The number of benzene rings is 2. The highest BCUT2D eigenvalue weighted by molar-refractivity contribution is 6.39. The number of carbonyl (C=O) groups is 3. The summed E-state index contributed by atoms with van der Waals surface area (Å²) < 4.78 is 0. The quantitative estimate of drug-likeness (QED) is 0.280. The molecular formula is C28H28Cl2N4O4. The van der Waals surface area contributed by atoms with Crippen LogP contribution in [0.1, 0.15) is 41.6 Å². The number of amides is 2. The van der Waals surface area contributed by atoms with Crippen LogP contribution >= 0.6 is 23.2 Å². The Balaban J connectivity index is 1.33. The number of halogens is 2. The average molecular weight is 555 g/mol. The highest BCUT2D eigenvalue weighted by atomic mass is 35.5. The van der Waals surface area contributed by atoms with Gasteiger partial charge in [-0.2, -0.15) is 0 Å². The Bertz CT molecular complexity index is 1270. The molecule has 1 aliphatic rings. The molecule has 10 heteroatoms. The third kappa shape index (κ3) is 7.24. The van der Waals surface area contributed by atoms with Crippen LogP contribution in [0.4, 0.5) is 11.5 Å². The van der Waals surface area contributed by atoms with Crippen LogP contribution in [0, 0.1) is 5.92 Å². The third-order valence-electron chi connectivity index (χ3n) is 6.52. The van der Waals surface area contributed by atoms with E-state index in [1.807, 2.05) is 18.2 Å². The number of carboxylic acid groups (broad SMARTS) is 1. The normalized spacial score (nSPS) is 17.7. The average Bonchev–Trinajstić information content (AvgIpc) is 2.90. The van der Waals surface area contributed by atoms with Gasteiger partial charge in [-0.1, -0.05) is 53.9 Å². The lowest BCUT2D eigenvalue weighted by molar-refractivity contribution is -0.139. The molecule has 38 heavy (non-hydrogen) atoms. The number of rotatable bonds is 9. The fourth-order valence-electron chi connectivity index (χ4n) is 4.57. The van der Waals surface area contributed by atoms with Crippen molar-refractivity contribution in [2.24, 2.45) is 5.92 Å². The Hall–Kier alpha value is -3.62. The molecule has 1 saturated carbocycles. The Kier molecular flexibility index (Phi) is 9.20. The van der Waals surface area contributed by atoms with E-state index >= 15 is 0 Å². The van der Waals surface area contributed by atoms with Gasteiger partial charge in [-0.3, -0.25) is 9.59 Å². The number of anilines is 2. The molecule has 1 heterocycles. The van der Waals surface area contributed by atoms with Crippen molar-refractivity contribution >= 4 is 52.5 Å². The minimum absolute atomic E-state index is 0.0281. The fourth-order valence-corrected chi connectivity index (χ4v) is 5.13. The number of pyridine rings is 1. The third-order valence-corrected chi connectivity index (χ3v) is 7.15. The van der Waals surface area contributed by atoms with Gasteiger partial charge in [0.1, 0.15) is 11.9 Å². The monoisotopic (exact) mass is 554 g/mol. The van der Waals surface area contributed by atoms with Gasteiger partial charge in [-0.15, -0.1) is 0 Å². The minimum atomic E-state index is -1.19. The smallest absolute Gasteiger partial charge is 0.326 e. The van der Waals surface area contributed by atoms with E-state index in [-0.39, 0.29) is 39.9 Å². The molecule has 1 aliphatic carbocycles. The first-order valence-electron chi connectivity index (χ1n) is 12.3. The molecule has 0 aliphatic heterocycles. The lowest BCUT2D eigenvalue weighted by Crippen LogP contribution is -2.42. The van der Waals surface area contributed by atoms with Gasteiger partial charge in [0, 0.05) is 30.3 Å². The van der Waals surface area contributed by atoms with Crippen LogP contribution in [0.2, 0.25) is 10.0 Å². The van der Waals surface area contributed by atoms with E-state index in [9.17, 15) is 19.5 Å². The maximum absolute atomic E-state index is 12.9. The summed E-state index contributed by atoms with van der Waals surface area (Å²) in [5.74, 6) is -1.21. The lowest BCUT2D eigenvalue weighted by Gasteiger charge is -2.29.